The number of aromatic nitrogens is 2. The van der Waals surface area contributed by atoms with Crippen LogP contribution in [0.5, 0.6) is 0 Å². The molecule has 2 aliphatic heterocycles. The molecule has 6 rings (SSSR count). The van der Waals surface area contributed by atoms with Crippen LogP contribution in [0.2, 0.25) is 5.28 Å². The average molecular weight is 457 g/mol. The summed E-state index contributed by atoms with van der Waals surface area (Å²) in [5, 5.41) is 0.375. The van der Waals surface area contributed by atoms with Crippen molar-refractivity contribution in [2.24, 2.45) is 22.7 Å². The monoisotopic (exact) mass is 456 g/mol. The van der Waals surface area contributed by atoms with Crippen molar-refractivity contribution >= 4 is 23.3 Å². The van der Waals surface area contributed by atoms with Crippen molar-refractivity contribution in [3.63, 3.8) is 0 Å². The summed E-state index contributed by atoms with van der Waals surface area (Å²) in [5.41, 5.74) is 1.68. The third-order valence-corrected chi connectivity index (χ3v) is 10.4. The minimum Gasteiger partial charge on any atom is -0.356 e. The third kappa shape index (κ3) is 3.36. The quantitative estimate of drug-likeness (QED) is 0.566. The molecule has 1 amide bonds. The number of hydrogen-bond donors (Lipinski definition) is 0. The Balaban J connectivity index is 1.16. The maximum Gasteiger partial charge on any atom is 0.224 e. The molecule has 6 heteroatoms. The van der Waals surface area contributed by atoms with Gasteiger partial charge in [0.05, 0.1) is 5.69 Å². The number of rotatable bonds is 4. The van der Waals surface area contributed by atoms with Gasteiger partial charge in [-0.15, -0.1) is 0 Å². The fourth-order valence-electron chi connectivity index (χ4n) is 7.86. The smallest absolute Gasteiger partial charge is 0.224 e. The standard InChI is InChI=1S/C26H37ClN4O/c1-25(2)19-7-10-26(25,11-8-19)15-23(32)31-12-3-4-18-16-30(13-9-21(18)31)22-14-20(17-5-6-17)28-24(27)29-22/h14,17-19,21H,3-13,15-16H2,1-2H3. The molecule has 2 atom stereocenters. The molecule has 1 aromatic rings. The van der Waals surface area contributed by atoms with E-state index in [-0.39, 0.29) is 5.41 Å². The molecule has 32 heavy (non-hydrogen) atoms. The van der Waals surface area contributed by atoms with Crippen molar-refractivity contribution < 1.29 is 4.79 Å². The first-order chi connectivity index (χ1) is 15.4. The van der Waals surface area contributed by atoms with E-state index < -0.39 is 0 Å². The topological polar surface area (TPSA) is 49.3 Å². The van der Waals surface area contributed by atoms with Gasteiger partial charge in [0, 0.05) is 44.1 Å². The van der Waals surface area contributed by atoms with E-state index in [0.717, 1.165) is 56.3 Å². The maximum absolute atomic E-state index is 13.7. The summed E-state index contributed by atoms with van der Waals surface area (Å²) in [6.07, 6.45) is 11.7. The summed E-state index contributed by atoms with van der Waals surface area (Å²) in [6, 6.07) is 2.55. The molecule has 3 aliphatic carbocycles. The molecule has 0 aromatic carbocycles. The second kappa shape index (κ2) is 7.58. The lowest BCUT2D eigenvalue weighted by molar-refractivity contribution is -0.141. The van der Waals surface area contributed by atoms with Gasteiger partial charge in [0.25, 0.3) is 0 Å². The van der Waals surface area contributed by atoms with Crippen LogP contribution in [0.15, 0.2) is 6.07 Å². The number of amides is 1. The van der Waals surface area contributed by atoms with Crippen LogP contribution in [0.1, 0.15) is 89.7 Å². The van der Waals surface area contributed by atoms with Gasteiger partial charge in [0.15, 0.2) is 0 Å². The zero-order valence-electron chi connectivity index (χ0n) is 19.7. The van der Waals surface area contributed by atoms with Gasteiger partial charge in [-0.2, -0.15) is 0 Å². The number of carbonyl (C=O) groups is 1. The lowest BCUT2D eigenvalue weighted by Crippen LogP contribution is -2.56. The summed E-state index contributed by atoms with van der Waals surface area (Å²) in [7, 11) is 0. The van der Waals surface area contributed by atoms with Gasteiger partial charge in [-0.1, -0.05) is 13.8 Å². The number of hydrogen-bond acceptors (Lipinski definition) is 4. The number of anilines is 1. The summed E-state index contributed by atoms with van der Waals surface area (Å²) in [6.45, 7) is 7.74. The van der Waals surface area contributed by atoms with E-state index in [0.29, 0.717) is 34.5 Å². The molecule has 0 N–H and O–H groups in total. The van der Waals surface area contributed by atoms with E-state index in [9.17, 15) is 4.79 Å². The molecule has 2 saturated heterocycles. The molecule has 2 bridgehead atoms. The average Bonchev–Trinajstić information content (AvgIpc) is 3.57. The maximum atomic E-state index is 13.7. The Morgan fingerprint density at radius 1 is 1.09 bits per heavy atom. The van der Waals surface area contributed by atoms with Crippen LogP contribution >= 0.6 is 11.6 Å². The Labute approximate surface area is 197 Å². The molecule has 174 valence electrons. The summed E-state index contributed by atoms with van der Waals surface area (Å²) in [5.74, 6) is 3.35. The second-order valence-electron chi connectivity index (χ2n) is 11.9. The highest BCUT2D eigenvalue weighted by Gasteiger charge is 2.59. The molecule has 2 unspecified atom stereocenters. The number of halogens is 1. The number of fused-ring (bicyclic) bond motifs is 3. The molecular formula is C26H37ClN4O. The Hall–Kier alpha value is -1.36. The Kier molecular flexibility index (Phi) is 5.02. The Bertz CT molecular complexity index is 905. The number of likely N-dealkylation sites (tertiary alicyclic amines) is 1. The Morgan fingerprint density at radius 3 is 2.56 bits per heavy atom. The van der Waals surface area contributed by atoms with Crippen molar-refractivity contribution in [3.05, 3.63) is 17.0 Å². The van der Waals surface area contributed by atoms with Gasteiger partial charge in [-0.3, -0.25) is 4.79 Å². The highest BCUT2D eigenvalue weighted by atomic mass is 35.5. The van der Waals surface area contributed by atoms with Crippen LogP contribution in [-0.4, -0.2) is 46.5 Å². The van der Waals surface area contributed by atoms with Crippen LogP contribution in [-0.2, 0) is 4.79 Å². The van der Waals surface area contributed by atoms with E-state index in [1.54, 1.807) is 0 Å². The molecule has 0 radical (unpaired) electrons. The highest BCUT2D eigenvalue weighted by Crippen LogP contribution is 2.67. The van der Waals surface area contributed by atoms with Crippen molar-refractivity contribution in [1.29, 1.82) is 0 Å². The molecule has 5 aliphatic rings. The van der Waals surface area contributed by atoms with Gasteiger partial charge in [-0.05, 0) is 92.1 Å². The third-order valence-electron chi connectivity index (χ3n) is 10.2. The van der Waals surface area contributed by atoms with Crippen molar-refractivity contribution in [2.75, 3.05) is 24.5 Å². The fourth-order valence-corrected chi connectivity index (χ4v) is 8.04. The first kappa shape index (κ1) is 21.2. The predicted octanol–water partition coefficient (Wildman–Crippen LogP) is 5.43. The molecule has 5 nitrogen and oxygen atoms in total. The minimum absolute atomic E-state index is 0.249. The van der Waals surface area contributed by atoms with Crippen molar-refractivity contribution in [1.82, 2.24) is 14.9 Å². The SMILES string of the molecule is CC1(C)C2CCC1(CC(=O)N1CCCC3CN(c4cc(C5CC5)nc(Cl)n4)CCC31)CC2. The number of piperidine rings is 2. The van der Waals surface area contributed by atoms with Crippen LogP contribution in [0.25, 0.3) is 0 Å². The van der Waals surface area contributed by atoms with Crippen LogP contribution in [0.4, 0.5) is 5.82 Å². The van der Waals surface area contributed by atoms with Gasteiger partial charge < -0.3 is 9.80 Å². The summed E-state index contributed by atoms with van der Waals surface area (Å²) >= 11 is 6.28. The van der Waals surface area contributed by atoms with Crippen molar-refractivity contribution in [2.45, 2.75) is 90.0 Å². The highest BCUT2D eigenvalue weighted by molar-refractivity contribution is 6.28. The molecule has 3 saturated carbocycles. The van der Waals surface area contributed by atoms with E-state index in [1.807, 2.05) is 0 Å². The zero-order valence-corrected chi connectivity index (χ0v) is 20.4. The second-order valence-corrected chi connectivity index (χ2v) is 12.3. The van der Waals surface area contributed by atoms with Gasteiger partial charge in [0.2, 0.25) is 11.2 Å². The van der Waals surface area contributed by atoms with Crippen LogP contribution < -0.4 is 4.90 Å². The first-order valence-electron chi connectivity index (χ1n) is 13.0. The van der Waals surface area contributed by atoms with Crippen LogP contribution in [0, 0.1) is 22.7 Å². The van der Waals surface area contributed by atoms with E-state index in [1.165, 1.54) is 44.9 Å². The van der Waals surface area contributed by atoms with E-state index >= 15 is 0 Å². The molecule has 5 fully saturated rings. The first-order valence-corrected chi connectivity index (χ1v) is 13.3. The molecule has 0 spiro atoms. The summed E-state index contributed by atoms with van der Waals surface area (Å²) < 4.78 is 0. The minimum atomic E-state index is 0.249. The molecule has 3 heterocycles. The predicted molar refractivity (Wildman–Crippen MR) is 127 cm³/mol. The molecular weight excluding hydrogens is 420 g/mol. The lowest BCUT2D eigenvalue weighted by Gasteiger charge is -2.49. The zero-order chi connectivity index (χ0) is 22.1. The van der Waals surface area contributed by atoms with Gasteiger partial charge in [-0.25, -0.2) is 9.97 Å². The number of carbonyl (C=O) groups excluding carboxylic acids is 1. The van der Waals surface area contributed by atoms with Gasteiger partial charge >= 0.3 is 0 Å². The summed E-state index contributed by atoms with van der Waals surface area (Å²) in [4.78, 5) is 27.4. The molecule has 1 aromatic heterocycles. The van der Waals surface area contributed by atoms with E-state index in [2.05, 4.69) is 39.7 Å². The van der Waals surface area contributed by atoms with E-state index in [4.69, 9.17) is 11.6 Å². The van der Waals surface area contributed by atoms with Crippen molar-refractivity contribution in [3.8, 4) is 0 Å². The van der Waals surface area contributed by atoms with Crippen LogP contribution in [0.3, 0.4) is 0 Å². The Morgan fingerprint density at radius 2 is 1.88 bits per heavy atom. The fraction of sp³-hybridized carbons (Fsp3) is 0.808. The normalized spacial score (nSPS) is 35.8. The number of nitrogens with zero attached hydrogens (tertiary/aromatic N) is 4. The largest absolute Gasteiger partial charge is 0.356 e. The van der Waals surface area contributed by atoms with Gasteiger partial charge in [0.1, 0.15) is 5.82 Å². The lowest BCUT2D eigenvalue weighted by atomic mass is 9.67.